The second-order valence-electron chi connectivity index (χ2n) is 5.49. The summed E-state index contributed by atoms with van der Waals surface area (Å²) >= 11 is 0. The van der Waals surface area contributed by atoms with Crippen molar-refractivity contribution in [1.29, 1.82) is 0 Å². The van der Waals surface area contributed by atoms with Gasteiger partial charge in [0, 0.05) is 16.8 Å². The molecule has 0 radical (unpaired) electrons. The summed E-state index contributed by atoms with van der Waals surface area (Å²) in [6, 6.07) is 22.5. The standard InChI is InChI=1S/C22H16FNO2/c23-19-11-13-21(14-12-19)26-16-22(25)24-20-8-4-7-18(15-20)10-9-17-5-2-1-3-6-17/h1-8,11-15H,16H2,(H,24,25). The first-order valence-electron chi connectivity index (χ1n) is 8.04. The first-order chi connectivity index (χ1) is 12.7. The summed E-state index contributed by atoms with van der Waals surface area (Å²) < 4.78 is 18.2. The highest BCUT2D eigenvalue weighted by atomic mass is 19.1. The van der Waals surface area contributed by atoms with Crippen molar-refractivity contribution in [2.24, 2.45) is 0 Å². The number of anilines is 1. The molecule has 0 aliphatic carbocycles. The van der Waals surface area contributed by atoms with Gasteiger partial charge in [0.2, 0.25) is 0 Å². The molecule has 128 valence electrons. The van der Waals surface area contributed by atoms with Crippen molar-refractivity contribution in [2.45, 2.75) is 0 Å². The van der Waals surface area contributed by atoms with Crippen LogP contribution in [0.3, 0.4) is 0 Å². The number of amides is 1. The lowest BCUT2D eigenvalue weighted by Gasteiger charge is -2.07. The minimum absolute atomic E-state index is 0.161. The van der Waals surface area contributed by atoms with Gasteiger partial charge in [-0.05, 0) is 54.6 Å². The number of carbonyl (C=O) groups is 1. The van der Waals surface area contributed by atoms with Crippen LogP contribution in [-0.2, 0) is 4.79 Å². The fraction of sp³-hybridized carbons (Fsp3) is 0.0455. The number of benzene rings is 3. The number of rotatable bonds is 4. The Morgan fingerprint density at radius 2 is 1.58 bits per heavy atom. The largest absolute Gasteiger partial charge is 0.484 e. The number of carbonyl (C=O) groups excluding carboxylic acids is 1. The number of hydrogen-bond donors (Lipinski definition) is 1. The summed E-state index contributed by atoms with van der Waals surface area (Å²) in [5.74, 6) is 5.92. The van der Waals surface area contributed by atoms with E-state index in [1.165, 1.54) is 24.3 Å². The molecule has 0 heterocycles. The zero-order chi connectivity index (χ0) is 18.2. The molecular formula is C22H16FNO2. The van der Waals surface area contributed by atoms with E-state index in [0.717, 1.165) is 11.1 Å². The molecule has 4 heteroatoms. The van der Waals surface area contributed by atoms with Crippen LogP contribution in [0.15, 0.2) is 78.9 Å². The molecule has 0 bridgehead atoms. The van der Waals surface area contributed by atoms with Gasteiger partial charge in [-0.15, -0.1) is 0 Å². The van der Waals surface area contributed by atoms with Crippen LogP contribution in [0.5, 0.6) is 5.75 Å². The molecule has 0 saturated carbocycles. The monoisotopic (exact) mass is 345 g/mol. The first kappa shape index (κ1) is 17.2. The Morgan fingerprint density at radius 1 is 0.885 bits per heavy atom. The number of nitrogens with one attached hydrogen (secondary N) is 1. The van der Waals surface area contributed by atoms with Gasteiger partial charge in [0.15, 0.2) is 6.61 Å². The molecule has 0 aliphatic rings. The predicted molar refractivity (Wildman–Crippen MR) is 99.4 cm³/mol. The van der Waals surface area contributed by atoms with Crippen molar-refractivity contribution in [3.05, 3.63) is 95.8 Å². The topological polar surface area (TPSA) is 38.3 Å². The lowest BCUT2D eigenvalue weighted by Crippen LogP contribution is -2.20. The van der Waals surface area contributed by atoms with Gasteiger partial charge in [0.1, 0.15) is 11.6 Å². The number of halogens is 1. The summed E-state index contributed by atoms with van der Waals surface area (Å²) in [4.78, 5) is 12.0. The van der Waals surface area contributed by atoms with Crippen molar-refractivity contribution >= 4 is 11.6 Å². The zero-order valence-electron chi connectivity index (χ0n) is 13.9. The Bertz CT molecular complexity index is 941. The van der Waals surface area contributed by atoms with Gasteiger partial charge in [0.05, 0.1) is 0 Å². The summed E-state index contributed by atoms with van der Waals surface area (Å²) in [5.41, 5.74) is 2.36. The molecule has 1 amide bonds. The van der Waals surface area contributed by atoms with Gasteiger partial charge in [-0.3, -0.25) is 4.79 Å². The molecule has 3 nitrogen and oxygen atoms in total. The molecule has 0 atom stereocenters. The van der Waals surface area contributed by atoms with E-state index in [4.69, 9.17) is 4.74 Å². The SMILES string of the molecule is O=C(COc1ccc(F)cc1)Nc1cccc(C#Cc2ccccc2)c1. The third kappa shape index (κ3) is 5.22. The van der Waals surface area contributed by atoms with Crippen molar-refractivity contribution in [3.8, 4) is 17.6 Å². The Balaban J connectivity index is 1.58. The zero-order valence-corrected chi connectivity index (χ0v) is 13.9. The first-order valence-corrected chi connectivity index (χ1v) is 8.04. The summed E-state index contributed by atoms with van der Waals surface area (Å²) in [6.07, 6.45) is 0. The van der Waals surface area contributed by atoms with Crippen LogP contribution >= 0.6 is 0 Å². The van der Waals surface area contributed by atoms with Crippen molar-refractivity contribution < 1.29 is 13.9 Å². The number of hydrogen-bond acceptors (Lipinski definition) is 2. The minimum Gasteiger partial charge on any atom is -0.484 e. The van der Waals surface area contributed by atoms with Gasteiger partial charge in [-0.25, -0.2) is 4.39 Å². The molecule has 26 heavy (non-hydrogen) atoms. The predicted octanol–water partition coefficient (Wildman–Crippen LogP) is 4.24. The molecule has 3 aromatic rings. The maximum absolute atomic E-state index is 12.8. The Labute approximate surface area is 151 Å². The molecule has 0 aromatic heterocycles. The maximum atomic E-state index is 12.8. The lowest BCUT2D eigenvalue weighted by atomic mass is 10.1. The van der Waals surface area contributed by atoms with E-state index in [1.807, 2.05) is 42.5 Å². The van der Waals surface area contributed by atoms with Crippen LogP contribution in [-0.4, -0.2) is 12.5 Å². The van der Waals surface area contributed by atoms with Crippen LogP contribution in [0.25, 0.3) is 0 Å². The summed E-state index contributed by atoms with van der Waals surface area (Å²) in [5, 5.41) is 2.76. The third-order valence-corrected chi connectivity index (χ3v) is 3.45. The van der Waals surface area contributed by atoms with Crippen LogP contribution in [0.2, 0.25) is 0 Å². The van der Waals surface area contributed by atoms with E-state index in [9.17, 15) is 9.18 Å². The van der Waals surface area contributed by atoms with Crippen molar-refractivity contribution in [2.75, 3.05) is 11.9 Å². The fourth-order valence-corrected chi connectivity index (χ4v) is 2.22. The van der Waals surface area contributed by atoms with Crippen molar-refractivity contribution in [3.63, 3.8) is 0 Å². The minimum atomic E-state index is -0.352. The highest BCUT2D eigenvalue weighted by Crippen LogP contribution is 2.12. The van der Waals surface area contributed by atoms with Crippen molar-refractivity contribution in [1.82, 2.24) is 0 Å². The molecule has 3 aromatic carbocycles. The average molecular weight is 345 g/mol. The smallest absolute Gasteiger partial charge is 0.262 e. The molecule has 3 rings (SSSR count). The highest BCUT2D eigenvalue weighted by molar-refractivity contribution is 5.92. The van der Waals surface area contributed by atoms with Gasteiger partial charge in [-0.2, -0.15) is 0 Å². The molecular weight excluding hydrogens is 329 g/mol. The van der Waals surface area contributed by atoms with E-state index in [-0.39, 0.29) is 18.3 Å². The third-order valence-electron chi connectivity index (χ3n) is 3.45. The van der Waals surface area contributed by atoms with E-state index >= 15 is 0 Å². The van der Waals surface area contributed by atoms with Gasteiger partial charge in [0.25, 0.3) is 5.91 Å². The second kappa shape index (κ2) is 8.50. The molecule has 0 saturated heterocycles. The molecule has 0 aliphatic heterocycles. The van der Waals surface area contributed by atoms with Crippen LogP contribution < -0.4 is 10.1 Å². The normalized spacial score (nSPS) is 9.73. The van der Waals surface area contributed by atoms with E-state index in [1.54, 1.807) is 12.1 Å². The number of ether oxygens (including phenoxy) is 1. The fourth-order valence-electron chi connectivity index (χ4n) is 2.22. The van der Waals surface area contributed by atoms with Gasteiger partial charge in [-0.1, -0.05) is 36.1 Å². The molecule has 0 fully saturated rings. The summed E-state index contributed by atoms with van der Waals surface area (Å²) in [6.45, 7) is -0.161. The van der Waals surface area contributed by atoms with Crippen LogP contribution in [0.1, 0.15) is 11.1 Å². The second-order valence-corrected chi connectivity index (χ2v) is 5.49. The Kier molecular flexibility index (Phi) is 5.64. The molecule has 1 N–H and O–H groups in total. The molecule has 0 unspecified atom stereocenters. The van der Waals surface area contributed by atoms with Gasteiger partial charge < -0.3 is 10.1 Å². The maximum Gasteiger partial charge on any atom is 0.262 e. The average Bonchev–Trinajstić information content (AvgIpc) is 2.67. The Hall–Kier alpha value is -3.58. The van der Waals surface area contributed by atoms with E-state index in [0.29, 0.717) is 11.4 Å². The molecule has 0 spiro atoms. The highest BCUT2D eigenvalue weighted by Gasteiger charge is 2.04. The van der Waals surface area contributed by atoms with Crippen LogP contribution in [0.4, 0.5) is 10.1 Å². The van der Waals surface area contributed by atoms with Gasteiger partial charge >= 0.3 is 0 Å². The van der Waals surface area contributed by atoms with Crippen LogP contribution in [0, 0.1) is 17.7 Å². The van der Waals surface area contributed by atoms with E-state index < -0.39 is 0 Å². The Morgan fingerprint density at radius 3 is 2.35 bits per heavy atom. The van der Waals surface area contributed by atoms with E-state index in [2.05, 4.69) is 17.2 Å². The summed E-state index contributed by atoms with van der Waals surface area (Å²) in [7, 11) is 0. The quantitative estimate of drug-likeness (QED) is 0.718. The lowest BCUT2D eigenvalue weighted by molar-refractivity contribution is -0.118.